The largest absolute Gasteiger partial charge is 0.382 e. The monoisotopic (exact) mass is 234 g/mol. The summed E-state index contributed by atoms with van der Waals surface area (Å²) in [6.07, 6.45) is 1.06. The molecule has 0 saturated heterocycles. The van der Waals surface area contributed by atoms with E-state index < -0.39 is 0 Å². The Kier molecular flexibility index (Phi) is 10.3. The van der Waals surface area contributed by atoms with Crippen molar-refractivity contribution in [2.45, 2.75) is 25.9 Å². The molecular formula is C10H22N2O4. The standard InChI is InChI=1S/C10H22N2O4/c1-9(3-4-10(13)12-11)16-8-7-15-6-5-14-2/h9H,3-8,11H2,1-2H3,(H,12,13). The van der Waals surface area contributed by atoms with Crippen LogP contribution >= 0.6 is 0 Å². The summed E-state index contributed by atoms with van der Waals surface area (Å²) in [7, 11) is 1.63. The molecule has 96 valence electrons. The Morgan fingerprint density at radius 3 is 2.62 bits per heavy atom. The van der Waals surface area contributed by atoms with Gasteiger partial charge < -0.3 is 14.2 Å². The van der Waals surface area contributed by atoms with Gasteiger partial charge in [-0.1, -0.05) is 0 Å². The van der Waals surface area contributed by atoms with Crippen molar-refractivity contribution in [1.82, 2.24) is 5.43 Å². The highest BCUT2D eigenvalue weighted by Gasteiger charge is 2.05. The molecular weight excluding hydrogens is 212 g/mol. The minimum atomic E-state index is -0.174. The Morgan fingerprint density at radius 2 is 2.00 bits per heavy atom. The number of amides is 1. The van der Waals surface area contributed by atoms with Gasteiger partial charge in [-0.3, -0.25) is 10.2 Å². The van der Waals surface area contributed by atoms with Gasteiger partial charge in [0.1, 0.15) is 0 Å². The number of nitrogens with one attached hydrogen (secondary N) is 1. The number of hydrogen-bond donors (Lipinski definition) is 2. The molecule has 0 spiro atoms. The smallest absolute Gasteiger partial charge is 0.233 e. The van der Waals surface area contributed by atoms with E-state index in [-0.39, 0.29) is 12.0 Å². The molecule has 0 rings (SSSR count). The molecule has 6 nitrogen and oxygen atoms in total. The van der Waals surface area contributed by atoms with Gasteiger partial charge in [-0.05, 0) is 13.3 Å². The van der Waals surface area contributed by atoms with Gasteiger partial charge in [0.25, 0.3) is 0 Å². The van der Waals surface area contributed by atoms with Crippen LogP contribution in [0.2, 0.25) is 0 Å². The summed E-state index contributed by atoms with van der Waals surface area (Å²) in [6, 6.07) is 0. The number of ether oxygens (including phenoxy) is 3. The summed E-state index contributed by atoms with van der Waals surface area (Å²) >= 11 is 0. The van der Waals surface area contributed by atoms with Crippen molar-refractivity contribution in [2.24, 2.45) is 5.84 Å². The Labute approximate surface area is 96.4 Å². The van der Waals surface area contributed by atoms with Gasteiger partial charge in [0.15, 0.2) is 0 Å². The van der Waals surface area contributed by atoms with Crippen LogP contribution in [0.25, 0.3) is 0 Å². The number of hydrogen-bond acceptors (Lipinski definition) is 5. The number of methoxy groups -OCH3 is 1. The molecule has 0 radical (unpaired) electrons. The van der Waals surface area contributed by atoms with Crippen molar-refractivity contribution in [3.05, 3.63) is 0 Å². The molecule has 0 aromatic carbocycles. The fourth-order valence-corrected chi connectivity index (χ4v) is 1.04. The third kappa shape index (κ3) is 9.85. The molecule has 1 atom stereocenters. The average Bonchev–Trinajstić information content (AvgIpc) is 2.30. The third-order valence-electron chi connectivity index (χ3n) is 2.00. The molecule has 0 aromatic rings. The fourth-order valence-electron chi connectivity index (χ4n) is 1.04. The SMILES string of the molecule is COCCOCCOC(C)CCC(=O)NN. The van der Waals surface area contributed by atoms with Crippen molar-refractivity contribution >= 4 is 5.91 Å². The van der Waals surface area contributed by atoms with Crippen LogP contribution in [-0.4, -0.2) is 45.5 Å². The van der Waals surface area contributed by atoms with E-state index in [2.05, 4.69) is 5.43 Å². The molecule has 1 amide bonds. The second-order valence-corrected chi connectivity index (χ2v) is 3.39. The minimum Gasteiger partial charge on any atom is -0.382 e. The summed E-state index contributed by atoms with van der Waals surface area (Å²) < 4.78 is 15.5. The maximum atomic E-state index is 10.8. The second-order valence-electron chi connectivity index (χ2n) is 3.39. The van der Waals surface area contributed by atoms with Crippen LogP contribution < -0.4 is 11.3 Å². The third-order valence-corrected chi connectivity index (χ3v) is 2.00. The van der Waals surface area contributed by atoms with Crippen LogP contribution in [0.1, 0.15) is 19.8 Å². The second kappa shape index (κ2) is 10.8. The summed E-state index contributed by atoms with van der Waals surface area (Å²) in [4.78, 5) is 10.8. The van der Waals surface area contributed by atoms with E-state index >= 15 is 0 Å². The quantitative estimate of drug-likeness (QED) is 0.237. The molecule has 16 heavy (non-hydrogen) atoms. The van der Waals surface area contributed by atoms with Crippen molar-refractivity contribution in [1.29, 1.82) is 0 Å². The lowest BCUT2D eigenvalue weighted by Crippen LogP contribution is -2.30. The van der Waals surface area contributed by atoms with Gasteiger partial charge in [-0.25, -0.2) is 5.84 Å². The lowest BCUT2D eigenvalue weighted by atomic mass is 10.2. The number of carbonyl (C=O) groups excluding carboxylic acids is 1. The fraction of sp³-hybridized carbons (Fsp3) is 0.900. The van der Waals surface area contributed by atoms with E-state index in [1.807, 2.05) is 6.92 Å². The molecule has 0 aromatic heterocycles. The topological polar surface area (TPSA) is 82.8 Å². The summed E-state index contributed by atoms with van der Waals surface area (Å²) in [5.41, 5.74) is 2.08. The zero-order valence-electron chi connectivity index (χ0n) is 10.0. The van der Waals surface area contributed by atoms with E-state index in [1.165, 1.54) is 0 Å². The van der Waals surface area contributed by atoms with E-state index in [0.29, 0.717) is 39.3 Å². The average molecular weight is 234 g/mol. The number of hydrazine groups is 1. The molecule has 0 saturated carbocycles. The molecule has 1 unspecified atom stereocenters. The lowest BCUT2D eigenvalue weighted by Gasteiger charge is -2.12. The molecule has 0 aliphatic heterocycles. The van der Waals surface area contributed by atoms with Gasteiger partial charge in [-0.2, -0.15) is 0 Å². The maximum Gasteiger partial charge on any atom is 0.233 e. The molecule has 0 bridgehead atoms. The first kappa shape index (κ1) is 15.3. The van der Waals surface area contributed by atoms with E-state index in [1.54, 1.807) is 7.11 Å². The number of rotatable bonds is 10. The predicted octanol–water partition coefficient (Wildman–Crippen LogP) is -0.175. The Hall–Kier alpha value is -0.690. The van der Waals surface area contributed by atoms with Gasteiger partial charge in [0.05, 0.1) is 32.5 Å². The van der Waals surface area contributed by atoms with Crippen LogP contribution in [0, 0.1) is 0 Å². The van der Waals surface area contributed by atoms with Gasteiger partial charge in [0, 0.05) is 13.5 Å². The first-order chi connectivity index (χ1) is 7.70. The number of carbonyl (C=O) groups is 1. The van der Waals surface area contributed by atoms with Crippen molar-refractivity contribution < 1.29 is 19.0 Å². The van der Waals surface area contributed by atoms with Crippen molar-refractivity contribution in [3.63, 3.8) is 0 Å². The normalized spacial score (nSPS) is 12.4. The highest BCUT2D eigenvalue weighted by molar-refractivity contribution is 5.75. The summed E-state index contributed by atoms with van der Waals surface area (Å²) in [5.74, 6) is 4.78. The zero-order chi connectivity index (χ0) is 12.2. The van der Waals surface area contributed by atoms with Gasteiger partial charge in [0.2, 0.25) is 5.91 Å². The predicted molar refractivity (Wildman–Crippen MR) is 59.7 cm³/mol. The lowest BCUT2D eigenvalue weighted by molar-refractivity contribution is -0.121. The zero-order valence-corrected chi connectivity index (χ0v) is 10.0. The first-order valence-corrected chi connectivity index (χ1v) is 5.38. The molecule has 0 aliphatic rings. The highest BCUT2D eigenvalue weighted by Crippen LogP contribution is 2.00. The van der Waals surface area contributed by atoms with E-state index in [4.69, 9.17) is 20.1 Å². The molecule has 0 aliphatic carbocycles. The van der Waals surface area contributed by atoms with E-state index in [0.717, 1.165) is 0 Å². The van der Waals surface area contributed by atoms with Gasteiger partial charge in [-0.15, -0.1) is 0 Å². The Morgan fingerprint density at radius 1 is 1.31 bits per heavy atom. The van der Waals surface area contributed by atoms with E-state index in [9.17, 15) is 4.79 Å². The number of nitrogens with two attached hydrogens (primary N) is 1. The van der Waals surface area contributed by atoms with Gasteiger partial charge >= 0.3 is 0 Å². The van der Waals surface area contributed by atoms with Crippen LogP contribution in [0.3, 0.4) is 0 Å². The molecule has 0 heterocycles. The highest BCUT2D eigenvalue weighted by atomic mass is 16.5. The van der Waals surface area contributed by atoms with Crippen LogP contribution in [-0.2, 0) is 19.0 Å². The molecule has 3 N–H and O–H groups in total. The molecule has 0 fully saturated rings. The van der Waals surface area contributed by atoms with Crippen LogP contribution in [0.5, 0.6) is 0 Å². The Balaban J connectivity index is 3.23. The maximum absolute atomic E-state index is 10.8. The van der Waals surface area contributed by atoms with Crippen molar-refractivity contribution in [2.75, 3.05) is 33.5 Å². The Bertz CT molecular complexity index is 178. The van der Waals surface area contributed by atoms with Crippen LogP contribution in [0.15, 0.2) is 0 Å². The van der Waals surface area contributed by atoms with Crippen molar-refractivity contribution in [3.8, 4) is 0 Å². The first-order valence-electron chi connectivity index (χ1n) is 5.38. The molecule has 6 heteroatoms. The minimum absolute atomic E-state index is 0.0309. The summed E-state index contributed by atoms with van der Waals surface area (Å²) in [6.45, 7) is 4.14. The van der Waals surface area contributed by atoms with Crippen LogP contribution in [0.4, 0.5) is 0 Å². The summed E-state index contributed by atoms with van der Waals surface area (Å²) in [5, 5.41) is 0.